The van der Waals surface area contributed by atoms with Gasteiger partial charge in [0.05, 0.1) is 17.6 Å². The number of nitrogens with one attached hydrogen (secondary N) is 1. The van der Waals surface area contributed by atoms with Crippen LogP contribution in [0.1, 0.15) is 23.1 Å². The number of amides is 2. The molecular formula is C17H21N3O2S. The van der Waals surface area contributed by atoms with Crippen LogP contribution in [0.15, 0.2) is 12.1 Å². The minimum atomic E-state index is -0.467. The number of aryl methyl sites for hydroxylation is 3. The molecular weight excluding hydrogens is 310 g/mol. The first-order valence-electron chi connectivity index (χ1n) is 7.57. The van der Waals surface area contributed by atoms with Gasteiger partial charge in [0.15, 0.2) is 0 Å². The summed E-state index contributed by atoms with van der Waals surface area (Å²) in [6.45, 7) is 6.66. The minimum absolute atomic E-state index is 0.0568. The van der Waals surface area contributed by atoms with Crippen LogP contribution < -0.4 is 10.2 Å². The SMILES string of the molecule is Cc1cc(C)c(N2CC[C@H](NC(=O)CSCC#N)C2=O)c(C)c1. The molecule has 0 unspecified atom stereocenters. The standard InChI is InChI=1S/C17H21N3O2S/c1-11-8-12(2)16(13(3)9-11)20-6-4-14(17(20)22)19-15(21)10-23-7-5-18/h8-9,14H,4,6-7,10H2,1-3H3,(H,19,21)/t14-/m0/s1. The van der Waals surface area contributed by atoms with Crippen molar-refractivity contribution >= 4 is 29.3 Å². The Balaban J connectivity index is 2.05. The first-order valence-corrected chi connectivity index (χ1v) is 8.72. The minimum Gasteiger partial charge on any atom is -0.343 e. The van der Waals surface area contributed by atoms with Crippen LogP contribution in [-0.2, 0) is 9.59 Å². The number of rotatable bonds is 5. The van der Waals surface area contributed by atoms with Crippen LogP contribution in [0, 0.1) is 32.1 Å². The molecule has 0 aliphatic carbocycles. The van der Waals surface area contributed by atoms with Gasteiger partial charge in [0.2, 0.25) is 11.8 Å². The number of nitriles is 1. The van der Waals surface area contributed by atoms with E-state index >= 15 is 0 Å². The smallest absolute Gasteiger partial charge is 0.249 e. The molecule has 0 saturated carbocycles. The maximum absolute atomic E-state index is 12.6. The molecule has 1 aromatic rings. The van der Waals surface area contributed by atoms with Crippen molar-refractivity contribution in [3.8, 4) is 6.07 Å². The molecule has 1 aliphatic heterocycles. The predicted molar refractivity (Wildman–Crippen MR) is 92.5 cm³/mol. The van der Waals surface area contributed by atoms with Crippen molar-refractivity contribution in [1.29, 1.82) is 5.26 Å². The molecule has 0 radical (unpaired) electrons. The van der Waals surface area contributed by atoms with Crippen molar-refractivity contribution in [2.24, 2.45) is 0 Å². The first kappa shape index (κ1) is 17.4. The quantitative estimate of drug-likeness (QED) is 0.839. The van der Waals surface area contributed by atoms with Gasteiger partial charge in [0.25, 0.3) is 0 Å². The van der Waals surface area contributed by atoms with Gasteiger partial charge in [-0.25, -0.2) is 0 Å². The van der Waals surface area contributed by atoms with E-state index in [9.17, 15) is 9.59 Å². The molecule has 1 atom stereocenters. The van der Waals surface area contributed by atoms with Crippen LogP contribution in [0.25, 0.3) is 0 Å². The van der Waals surface area contributed by atoms with Gasteiger partial charge in [-0.15, -0.1) is 11.8 Å². The number of anilines is 1. The third-order valence-electron chi connectivity index (χ3n) is 3.85. The monoisotopic (exact) mass is 331 g/mol. The summed E-state index contributed by atoms with van der Waals surface area (Å²) in [4.78, 5) is 26.2. The number of carbonyl (C=O) groups is 2. The van der Waals surface area contributed by atoms with Crippen molar-refractivity contribution in [1.82, 2.24) is 5.32 Å². The summed E-state index contributed by atoms with van der Waals surface area (Å²) in [5, 5.41) is 11.3. The van der Waals surface area contributed by atoms with Gasteiger partial charge >= 0.3 is 0 Å². The van der Waals surface area contributed by atoms with Crippen molar-refractivity contribution < 1.29 is 9.59 Å². The number of benzene rings is 1. The van der Waals surface area contributed by atoms with E-state index in [1.54, 1.807) is 4.90 Å². The molecule has 122 valence electrons. The first-order chi connectivity index (χ1) is 10.9. The van der Waals surface area contributed by atoms with Crippen molar-refractivity contribution in [2.75, 3.05) is 23.0 Å². The Morgan fingerprint density at radius 3 is 2.65 bits per heavy atom. The maximum Gasteiger partial charge on any atom is 0.249 e. The van der Waals surface area contributed by atoms with Gasteiger partial charge < -0.3 is 10.2 Å². The van der Waals surface area contributed by atoms with E-state index in [0.717, 1.165) is 16.8 Å². The zero-order chi connectivity index (χ0) is 17.0. The fraction of sp³-hybridized carbons (Fsp3) is 0.471. The van der Waals surface area contributed by atoms with Gasteiger partial charge in [0.1, 0.15) is 6.04 Å². The Hall–Kier alpha value is -2.00. The number of hydrogen-bond donors (Lipinski definition) is 1. The molecule has 0 aromatic heterocycles. The van der Waals surface area contributed by atoms with Gasteiger partial charge in [-0.1, -0.05) is 17.7 Å². The zero-order valence-electron chi connectivity index (χ0n) is 13.7. The molecule has 1 fully saturated rings. The van der Waals surface area contributed by atoms with E-state index in [1.807, 2.05) is 26.8 Å². The molecule has 1 saturated heterocycles. The molecule has 6 heteroatoms. The fourth-order valence-electron chi connectivity index (χ4n) is 3.06. The second-order valence-electron chi connectivity index (χ2n) is 5.80. The Kier molecular flexibility index (Phi) is 5.67. The summed E-state index contributed by atoms with van der Waals surface area (Å²) in [5.74, 6) is 0.237. The third-order valence-corrected chi connectivity index (χ3v) is 4.65. The van der Waals surface area contributed by atoms with E-state index < -0.39 is 6.04 Å². The van der Waals surface area contributed by atoms with Crippen LogP contribution in [-0.4, -0.2) is 35.9 Å². The molecule has 23 heavy (non-hydrogen) atoms. The number of thioether (sulfide) groups is 1. The summed E-state index contributed by atoms with van der Waals surface area (Å²) < 4.78 is 0. The highest BCUT2D eigenvalue weighted by molar-refractivity contribution is 8.00. The Bertz CT molecular complexity index is 643. The zero-order valence-corrected chi connectivity index (χ0v) is 14.5. The van der Waals surface area contributed by atoms with Crippen LogP contribution in [0.3, 0.4) is 0 Å². The second-order valence-corrected chi connectivity index (χ2v) is 6.78. The fourth-order valence-corrected chi connectivity index (χ4v) is 3.52. The van der Waals surface area contributed by atoms with Crippen LogP contribution in [0.5, 0.6) is 0 Å². The van der Waals surface area contributed by atoms with Crippen LogP contribution >= 0.6 is 11.8 Å². The summed E-state index contributed by atoms with van der Waals surface area (Å²) in [6, 6.07) is 5.65. The molecule has 5 nitrogen and oxygen atoms in total. The molecule has 1 heterocycles. The summed E-state index contributed by atoms with van der Waals surface area (Å²) in [7, 11) is 0. The lowest BCUT2D eigenvalue weighted by Crippen LogP contribution is -2.42. The lowest BCUT2D eigenvalue weighted by Gasteiger charge is -2.22. The molecule has 1 N–H and O–H groups in total. The Labute approximate surface area is 141 Å². The third kappa shape index (κ3) is 4.05. The maximum atomic E-state index is 12.6. The summed E-state index contributed by atoms with van der Waals surface area (Å²) in [5.41, 5.74) is 4.28. The highest BCUT2D eigenvalue weighted by Crippen LogP contribution is 2.30. The number of hydrogen-bond acceptors (Lipinski definition) is 4. The van der Waals surface area contributed by atoms with Crippen LogP contribution in [0.2, 0.25) is 0 Å². The topological polar surface area (TPSA) is 73.2 Å². The lowest BCUT2D eigenvalue weighted by molar-refractivity contribution is -0.124. The van der Waals surface area contributed by atoms with Crippen molar-refractivity contribution in [3.05, 3.63) is 28.8 Å². The molecule has 0 bridgehead atoms. The van der Waals surface area contributed by atoms with E-state index in [4.69, 9.17) is 5.26 Å². The van der Waals surface area contributed by atoms with Gasteiger partial charge in [-0.3, -0.25) is 9.59 Å². The number of nitrogens with zero attached hydrogens (tertiary/aromatic N) is 2. The normalized spacial score (nSPS) is 17.2. The summed E-state index contributed by atoms with van der Waals surface area (Å²) >= 11 is 1.25. The molecule has 2 amide bonds. The average molecular weight is 331 g/mol. The van der Waals surface area contributed by atoms with Gasteiger partial charge in [-0.05, 0) is 38.3 Å². The Morgan fingerprint density at radius 2 is 2.04 bits per heavy atom. The predicted octanol–water partition coefficient (Wildman–Crippen LogP) is 2.09. The van der Waals surface area contributed by atoms with Gasteiger partial charge in [0, 0.05) is 12.2 Å². The molecule has 0 spiro atoms. The van der Waals surface area contributed by atoms with Crippen LogP contribution in [0.4, 0.5) is 5.69 Å². The van der Waals surface area contributed by atoms with Crippen molar-refractivity contribution in [3.63, 3.8) is 0 Å². The largest absolute Gasteiger partial charge is 0.343 e. The second kappa shape index (κ2) is 7.51. The molecule has 1 aromatic carbocycles. The van der Waals surface area contributed by atoms with E-state index in [2.05, 4.69) is 17.4 Å². The van der Waals surface area contributed by atoms with Crippen molar-refractivity contribution in [2.45, 2.75) is 33.2 Å². The lowest BCUT2D eigenvalue weighted by atomic mass is 10.0. The molecule has 2 rings (SSSR count). The number of carbonyl (C=O) groups excluding carboxylic acids is 2. The highest BCUT2D eigenvalue weighted by atomic mass is 32.2. The van der Waals surface area contributed by atoms with E-state index in [-0.39, 0.29) is 23.3 Å². The Morgan fingerprint density at radius 1 is 1.39 bits per heavy atom. The highest BCUT2D eigenvalue weighted by Gasteiger charge is 2.34. The van der Waals surface area contributed by atoms with E-state index in [1.165, 1.54) is 17.3 Å². The summed E-state index contributed by atoms with van der Waals surface area (Å²) in [6.07, 6.45) is 0.611. The van der Waals surface area contributed by atoms with Gasteiger partial charge in [-0.2, -0.15) is 5.26 Å². The molecule has 1 aliphatic rings. The average Bonchev–Trinajstić information content (AvgIpc) is 2.80. The van der Waals surface area contributed by atoms with E-state index in [0.29, 0.717) is 13.0 Å².